The number of aryl methyl sites for hydroxylation is 1. The zero-order chi connectivity index (χ0) is 13.0. The lowest BCUT2D eigenvalue weighted by Crippen LogP contribution is -2.07. The van der Waals surface area contributed by atoms with Gasteiger partial charge >= 0.3 is 0 Å². The molecule has 0 amide bonds. The van der Waals surface area contributed by atoms with E-state index in [1.165, 1.54) is 9.26 Å². The fourth-order valence-electron chi connectivity index (χ4n) is 1.89. The molecule has 0 aliphatic rings. The standard InChI is InChI=1S/C14H16BrIN2/c1-2-7-18-8-3-4-12(18)10-17-14-9-11(16)5-6-13(14)15/h3-6,8-9,17H,2,7,10H2,1H3. The van der Waals surface area contributed by atoms with Gasteiger partial charge in [-0.1, -0.05) is 6.92 Å². The van der Waals surface area contributed by atoms with Crippen molar-refractivity contribution in [3.05, 3.63) is 50.3 Å². The predicted molar refractivity (Wildman–Crippen MR) is 88.9 cm³/mol. The first-order valence-electron chi connectivity index (χ1n) is 6.03. The van der Waals surface area contributed by atoms with Crippen LogP contribution in [0, 0.1) is 3.57 Å². The topological polar surface area (TPSA) is 17.0 Å². The molecule has 1 N–H and O–H groups in total. The SMILES string of the molecule is CCCn1cccc1CNc1cc(I)ccc1Br. The third-order valence-electron chi connectivity index (χ3n) is 2.78. The smallest absolute Gasteiger partial charge is 0.0553 e. The number of nitrogens with one attached hydrogen (secondary N) is 1. The fourth-order valence-corrected chi connectivity index (χ4v) is 2.77. The molecule has 1 aromatic carbocycles. The van der Waals surface area contributed by atoms with Gasteiger partial charge in [0.15, 0.2) is 0 Å². The Hall–Kier alpha value is -0.490. The summed E-state index contributed by atoms with van der Waals surface area (Å²) in [5.41, 5.74) is 2.47. The molecule has 2 rings (SSSR count). The van der Waals surface area contributed by atoms with Gasteiger partial charge in [-0.05, 0) is 75.3 Å². The van der Waals surface area contributed by atoms with Crippen molar-refractivity contribution in [2.45, 2.75) is 26.4 Å². The molecule has 0 aliphatic heterocycles. The van der Waals surface area contributed by atoms with Crippen LogP contribution >= 0.6 is 38.5 Å². The van der Waals surface area contributed by atoms with Crippen molar-refractivity contribution in [2.24, 2.45) is 0 Å². The lowest BCUT2D eigenvalue weighted by atomic mass is 10.3. The molecule has 18 heavy (non-hydrogen) atoms. The summed E-state index contributed by atoms with van der Waals surface area (Å²) in [6.07, 6.45) is 3.30. The molecule has 1 aromatic heterocycles. The Morgan fingerprint density at radius 3 is 2.94 bits per heavy atom. The Morgan fingerprint density at radius 2 is 2.17 bits per heavy atom. The van der Waals surface area contributed by atoms with Crippen LogP contribution in [0.2, 0.25) is 0 Å². The number of rotatable bonds is 5. The number of benzene rings is 1. The Labute approximate surface area is 130 Å². The molecule has 0 radical (unpaired) electrons. The van der Waals surface area contributed by atoms with E-state index in [1.54, 1.807) is 0 Å². The van der Waals surface area contributed by atoms with E-state index in [4.69, 9.17) is 0 Å². The van der Waals surface area contributed by atoms with E-state index >= 15 is 0 Å². The van der Waals surface area contributed by atoms with Crippen LogP contribution in [0.4, 0.5) is 5.69 Å². The molecule has 0 saturated carbocycles. The zero-order valence-corrected chi connectivity index (χ0v) is 14.0. The largest absolute Gasteiger partial charge is 0.379 e. The van der Waals surface area contributed by atoms with Gasteiger partial charge < -0.3 is 9.88 Å². The minimum Gasteiger partial charge on any atom is -0.379 e. The summed E-state index contributed by atoms with van der Waals surface area (Å²) in [4.78, 5) is 0. The number of hydrogen-bond acceptors (Lipinski definition) is 1. The maximum absolute atomic E-state index is 3.57. The number of anilines is 1. The third kappa shape index (κ3) is 3.51. The van der Waals surface area contributed by atoms with Gasteiger partial charge in [0.05, 0.1) is 6.54 Å². The van der Waals surface area contributed by atoms with Crippen LogP contribution < -0.4 is 5.32 Å². The summed E-state index contributed by atoms with van der Waals surface area (Å²) in [7, 11) is 0. The highest BCUT2D eigenvalue weighted by Gasteiger charge is 2.03. The average molecular weight is 419 g/mol. The van der Waals surface area contributed by atoms with Gasteiger partial charge in [0.1, 0.15) is 0 Å². The van der Waals surface area contributed by atoms with E-state index in [2.05, 4.69) is 91.9 Å². The van der Waals surface area contributed by atoms with Crippen LogP contribution in [0.3, 0.4) is 0 Å². The molecule has 0 aliphatic carbocycles. The van der Waals surface area contributed by atoms with E-state index in [9.17, 15) is 0 Å². The summed E-state index contributed by atoms with van der Waals surface area (Å²) < 4.78 is 4.65. The number of halogens is 2. The summed E-state index contributed by atoms with van der Waals surface area (Å²) in [6.45, 7) is 4.14. The molecule has 1 heterocycles. The quantitative estimate of drug-likeness (QED) is 0.685. The molecule has 0 fully saturated rings. The average Bonchev–Trinajstić information content (AvgIpc) is 2.78. The minimum absolute atomic E-state index is 0.853. The first-order chi connectivity index (χ1) is 8.70. The summed E-state index contributed by atoms with van der Waals surface area (Å²) in [5.74, 6) is 0. The number of hydrogen-bond donors (Lipinski definition) is 1. The zero-order valence-electron chi connectivity index (χ0n) is 10.3. The second-order valence-corrected chi connectivity index (χ2v) is 6.27. The molecule has 2 nitrogen and oxygen atoms in total. The predicted octanol–water partition coefficient (Wildman–Crippen LogP) is 4.88. The van der Waals surface area contributed by atoms with Gasteiger partial charge in [0.2, 0.25) is 0 Å². The lowest BCUT2D eigenvalue weighted by molar-refractivity contribution is 0.654. The maximum atomic E-state index is 3.57. The van der Waals surface area contributed by atoms with Crippen LogP contribution in [0.1, 0.15) is 19.0 Å². The normalized spacial score (nSPS) is 10.6. The summed E-state index contributed by atoms with van der Waals surface area (Å²) in [6, 6.07) is 10.6. The van der Waals surface area contributed by atoms with Crippen LogP contribution in [0.5, 0.6) is 0 Å². The molecule has 4 heteroatoms. The number of nitrogens with zero attached hydrogens (tertiary/aromatic N) is 1. The molecule has 0 bridgehead atoms. The van der Waals surface area contributed by atoms with Gasteiger partial charge in [0.25, 0.3) is 0 Å². The van der Waals surface area contributed by atoms with Gasteiger partial charge in [-0.15, -0.1) is 0 Å². The van der Waals surface area contributed by atoms with Crippen LogP contribution in [0.25, 0.3) is 0 Å². The van der Waals surface area contributed by atoms with Crippen molar-refractivity contribution in [1.29, 1.82) is 0 Å². The van der Waals surface area contributed by atoms with Crippen LogP contribution in [-0.4, -0.2) is 4.57 Å². The maximum Gasteiger partial charge on any atom is 0.0553 e. The van der Waals surface area contributed by atoms with Gasteiger partial charge in [-0.25, -0.2) is 0 Å². The monoisotopic (exact) mass is 418 g/mol. The van der Waals surface area contributed by atoms with E-state index in [-0.39, 0.29) is 0 Å². The molecule has 2 aromatic rings. The van der Waals surface area contributed by atoms with E-state index in [0.29, 0.717) is 0 Å². The molecular weight excluding hydrogens is 403 g/mol. The summed E-state index contributed by atoms with van der Waals surface area (Å²) >= 11 is 5.90. The van der Waals surface area contributed by atoms with Gasteiger partial charge in [-0.3, -0.25) is 0 Å². The van der Waals surface area contributed by atoms with Crippen LogP contribution in [-0.2, 0) is 13.1 Å². The summed E-state index contributed by atoms with van der Waals surface area (Å²) in [5, 5.41) is 3.48. The van der Waals surface area contributed by atoms with Crippen molar-refractivity contribution in [1.82, 2.24) is 4.57 Å². The molecule has 0 saturated heterocycles. The Morgan fingerprint density at radius 1 is 1.33 bits per heavy atom. The minimum atomic E-state index is 0.853. The molecule has 96 valence electrons. The highest BCUT2D eigenvalue weighted by Crippen LogP contribution is 2.25. The Bertz CT molecular complexity index is 522. The van der Waals surface area contributed by atoms with E-state index < -0.39 is 0 Å². The van der Waals surface area contributed by atoms with E-state index in [0.717, 1.165) is 29.7 Å². The Balaban J connectivity index is 2.06. The molecule has 0 spiro atoms. The molecule has 0 atom stereocenters. The van der Waals surface area contributed by atoms with Crippen molar-refractivity contribution in [2.75, 3.05) is 5.32 Å². The van der Waals surface area contributed by atoms with Crippen molar-refractivity contribution < 1.29 is 0 Å². The molecule has 0 unspecified atom stereocenters. The van der Waals surface area contributed by atoms with Gasteiger partial charge in [0, 0.05) is 32.2 Å². The van der Waals surface area contributed by atoms with Crippen molar-refractivity contribution in [3.63, 3.8) is 0 Å². The van der Waals surface area contributed by atoms with Crippen molar-refractivity contribution in [3.8, 4) is 0 Å². The second kappa shape index (κ2) is 6.61. The third-order valence-corrected chi connectivity index (χ3v) is 4.14. The number of aromatic nitrogens is 1. The second-order valence-electron chi connectivity index (χ2n) is 4.17. The fraction of sp³-hybridized carbons (Fsp3) is 0.286. The highest BCUT2D eigenvalue weighted by molar-refractivity contribution is 14.1. The van der Waals surface area contributed by atoms with E-state index in [1.807, 2.05) is 0 Å². The highest BCUT2D eigenvalue weighted by atomic mass is 127. The van der Waals surface area contributed by atoms with Gasteiger partial charge in [-0.2, -0.15) is 0 Å². The van der Waals surface area contributed by atoms with Crippen molar-refractivity contribution >= 4 is 44.2 Å². The Kier molecular flexibility index (Phi) is 5.12. The first-order valence-corrected chi connectivity index (χ1v) is 7.91. The first kappa shape index (κ1) is 13.9. The lowest BCUT2D eigenvalue weighted by Gasteiger charge is -2.11. The van der Waals surface area contributed by atoms with Crippen LogP contribution in [0.15, 0.2) is 41.0 Å². The molecular formula is C14H16BrIN2.